The van der Waals surface area contributed by atoms with Crippen LogP contribution in [0.4, 0.5) is 5.69 Å². The second kappa shape index (κ2) is 11.6. The van der Waals surface area contributed by atoms with Gasteiger partial charge in [-0.05, 0) is 32.0 Å². The molecule has 3 aromatic carbocycles. The van der Waals surface area contributed by atoms with E-state index in [0.29, 0.717) is 11.3 Å². The lowest BCUT2D eigenvalue weighted by Gasteiger charge is -2.21. The fourth-order valence-electron chi connectivity index (χ4n) is 3.27. The predicted molar refractivity (Wildman–Crippen MR) is 127 cm³/mol. The first-order valence-corrected chi connectivity index (χ1v) is 10.8. The van der Waals surface area contributed by atoms with Crippen molar-refractivity contribution in [2.45, 2.75) is 13.8 Å². The highest BCUT2D eigenvalue weighted by atomic mass is 16.5. The lowest BCUT2D eigenvalue weighted by Crippen LogP contribution is -2.39. The molecule has 7 nitrogen and oxygen atoms in total. The number of carbonyl (C=O) groups is 4. The molecule has 0 heterocycles. The maximum absolute atomic E-state index is 13.0. The Labute approximate surface area is 197 Å². The molecular weight excluding hydrogens is 434 g/mol. The molecule has 0 bridgehead atoms. The number of ketones is 1. The zero-order chi connectivity index (χ0) is 24.5. The van der Waals surface area contributed by atoms with E-state index in [1.54, 1.807) is 61.5 Å². The number of carbonyl (C=O) groups excluding carboxylic acids is 4. The van der Waals surface area contributed by atoms with Crippen LogP contribution in [0.3, 0.4) is 0 Å². The van der Waals surface area contributed by atoms with Crippen LogP contribution in [-0.4, -0.2) is 43.4 Å². The molecule has 174 valence electrons. The van der Waals surface area contributed by atoms with Crippen LogP contribution in [0.1, 0.15) is 38.8 Å². The molecular formula is C27H25NO6. The van der Waals surface area contributed by atoms with Crippen molar-refractivity contribution < 1.29 is 28.7 Å². The summed E-state index contributed by atoms with van der Waals surface area (Å²) in [4.78, 5) is 51.8. The van der Waals surface area contributed by atoms with Crippen LogP contribution in [0.25, 0.3) is 0 Å². The summed E-state index contributed by atoms with van der Waals surface area (Å²) in [5, 5.41) is 0. The molecule has 7 heteroatoms. The molecule has 0 saturated carbocycles. The number of anilines is 1. The largest absolute Gasteiger partial charge is 0.465 e. The number of esters is 2. The van der Waals surface area contributed by atoms with Crippen molar-refractivity contribution in [3.63, 3.8) is 0 Å². The first-order chi connectivity index (χ1) is 16.4. The lowest BCUT2D eigenvalue weighted by molar-refractivity contribution is -0.142. The SMILES string of the molecule is CCOC(=O)CN(C(=O)COC(=O)c1ccccc1C(=O)c1ccc(C)cc1)c1ccccc1. The average molecular weight is 459 g/mol. The minimum Gasteiger partial charge on any atom is -0.465 e. The van der Waals surface area contributed by atoms with E-state index in [2.05, 4.69) is 0 Å². The van der Waals surface area contributed by atoms with Crippen molar-refractivity contribution in [2.75, 3.05) is 24.7 Å². The molecule has 1 amide bonds. The second-order valence-corrected chi connectivity index (χ2v) is 7.44. The van der Waals surface area contributed by atoms with Crippen LogP contribution in [0.2, 0.25) is 0 Å². The van der Waals surface area contributed by atoms with Crippen LogP contribution in [-0.2, 0) is 19.1 Å². The third-order valence-corrected chi connectivity index (χ3v) is 4.99. The summed E-state index contributed by atoms with van der Waals surface area (Å²) in [5.74, 6) is -2.32. The van der Waals surface area contributed by atoms with E-state index in [1.165, 1.54) is 17.0 Å². The first-order valence-electron chi connectivity index (χ1n) is 10.8. The molecule has 0 aliphatic rings. The molecule has 0 saturated heterocycles. The summed E-state index contributed by atoms with van der Waals surface area (Å²) in [6.07, 6.45) is 0. The topological polar surface area (TPSA) is 90.0 Å². The average Bonchev–Trinajstić information content (AvgIpc) is 2.86. The number of hydrogen-bond acceptors (Lipinski definition) is 6. The minimum atomic E-state index is -0.812. The van der Waals surface area contributed by atoms with E-state index < -0.39 is 24.5 Å². The van der Waals surface area contributed by atoms with Gasteiger partial charge in [-0.25, -0.2) is 4.79 Å². The van der Waals surface area contributed by atoms with E-state index in [1.807, 2.05) is 19.1 Å². The molecule has 0 aliphatic heterocycles. The third-order valence-electron chi connectivity index (χ3n) is 4.99. The van der Waals surface area contributed by atoms with Gasteiger partial charge in [-0.1, -0.05) is 66.2 Å². The Hall–Kier alpha value is -4.26. The van der Waals surface area contributed by atoms with Crippen LogP contribution in [0.15, 0.2) is 78.9 Å². The number of aryl methyl sites for hydroxylation is 1. The highest BCUT2D eigenvalue weighted by molar-refractivity contribution is 6.14. The van der Waals surface area contributed by atoms with Gasteiger partial charge in [0.2, 0.25) is 0 Å². The number of para-hydroxylation sites is 1. The fraction of sp³-hybridized carbons (Fsp3) is 0.185. The number of nitrogens with zero attached hydrogens (tertiary/aromatic N) is 1. The van der Waals surface area contributed by atoms with Crippen molar-refractivity contribution in [3.8, 4) is 0 Å². The predicted octanol–water partition coefficient (Wildman–Crippen LogP) is 3.98. The Morgan fingerprint density at radius 1 is 0.765 bits per heavy atom. The van der Waals surface area contributed by atoms with E-state index in [-0.39, 0.29) is 30.1 Å². The molecule has 3 aromatic rings. The van der Waals surface area contributed by atoms with Crippen molar-refractivity contribution in [1.29, 1.82) is 0 Å². The quantitative estimate of drug-likeness (QED) is 0.355. The molecule has 0 fully saturated rings. The van der Waals surface area contributed by atoms with Gasteiger partial charge in [0.15, 0.2) is 12.4 Å². The molecule has 34 heavy (non-hydrogen) atoms. The van der Waals surface area contributed by atoms with Gasteiger partial charge in [0, 0.05) is 16.8 Å². The summed E-state index contributed by atoms with van der Waals surface area (Å²) < 4.78 is 10.2. The summed E-state index contributed by atoms with van der Waals surface area (Å²) in [6, 6.07) is 21.8. The summed E-state index contributed by atoms with van der Waals surface area (Å²) in [6.45, 7) is 2.83. The van der Waals surface area contributed by atoms with E-state index in [9.17, 15) is 19.2 Å². The molecule has 0 aliphatic carbocycles. The van der Waals surface area contributed by atoms with Crippen molar-refractivity contribution in [2.24, 2.45) is 0 Å². The molecule has 0 unspecified atom stereocenters. The van der Waals surface area contributed by atoms with Crippen molar-refractivity contribution in [3.05, 3.63) is 101 Å². The normalized spacial score (nSPS) is 10.3. The number of benzene rings is 3. The number of rotatable bonds is 9. The Bertz CT molecular complexity index is 1170. The van der Waals surface area contributed by atoms with Gasteiger partial charge in [-0.15, -0.1) is 0 Å². The third kappa shape index (κ3) is 6.16. The molecule has 0 spiro atoms. The zero-order valence-corrected chi connectivity index (χ0v) is 19.0. The van der Waals surface area contributed by atoms with E-state index in [4.69, 9.17) is 9.47 Å². The van der Waals surface area contributed by atoms with E-state index in [0.717, 1.165) is 5.56 Å². The standard InChI is InChI=1S/C27H25NO6/c1-3-33-25(30)17-28(21-9-5-4-6-10-21)24(29)18-34-27(32)23-12-8-7-11-22(23)26(31)20-15-13-19(2)14-16-20/h4-16H,3,17-18H2,1-2H3. The Morgan fingerprint density at radius 3 is 2.03 bits per heavy atom. The van der Waals surface area contributed by atoms with Gasteiger partial charge in [-0.3, -0.25) is 19.3 Å². The summed E-state index contributed by atoms with van der Waals surface area (Å²) in [5.41, 5.74) is 2.14. The van der Waals surface area contributed by atoms with Gasteiger partial charge in [-0.2, -0.15) is 0 Å². The van der Waals surface area contributed by atoms with Crippen LogP contribution in [0, 0.1) is 6.92 Å². The molecule has 3 rings (SSSR count). The van der Waals surface area contributed by atoms with Crippen LogP contribution >= 0.6 is 0 Å². The second-order valence-electron chi connectivity index (χ2n) is 7.44. The smallest absolute Gasteiger partial charge is 0.339 e. The van der Waals surface area contributed by atoms with Gasteiger partial charge in [0.25, 0.3) is 5.91 Å². The Morgan fingerprint density at radius 2 is 1.38 bits per heavy atom. The Balaban J connectivity index is 1.75. The maximum Gasteiger partial charge on any atom is 0.339 e. The van der Waals surface area contributed by atoms with Crippen molar-refractivity contribution >= 4 is 29.3 Å². The van der Waals surface area contributed by atoms with Gasteiger partial charge >= 0.3 is 11.9 Å². The molecule has 0 aromatic heterocycles. The van der Waals surface area contributed by atoms with Crippen molar-refractivity contribution in [1.82, 2.24) is 0 Å². The molecule has 0 atom stereocenters. The monoisotopic (exact) mass is 459 g/mol. The van der Waals surface area contributed by atoms with Gasteiger partial charge in [0.05, 0.1) is 12.2 Å². The highest BCUT2D eigenvalue weighted by Gasteiger charge is 2.23. The first kappa shape index (κ1) is 24.4. The number of amides is 1. The highest BCUT2D eigenvalue weighted by Crippen LogP contribution is 2.18. The van der Waals surface area contributed by atoms with E-state index >= 15 is 0 Å². The number of ether oxygens (including phenoxy) is 2. The minimum absolute atomic E-state index is 0.0533. The van der Waals surface area contributed by atoms with Gasteiger partial charge < -0.3 is 9.47 Å². The lowest BCUT2D eigenvalue weighted by atomic mass is 9.98. The van der Waals surface area contributed by atoms with Gasteiger partial charge in [0.1, 0.15) is 6.54 Å². The molecule has 0 N–H and O–H groups in total. The number of hydrogen-bond donors (Lipinski definition) is 0. The fourth-order valence-corrected chi connectivity index (χ4v) is 3.27. The van der Waals surface area contributed by atoms with Crippen LogP contribution in [0.5, 0.6) is 0 Å². The Kier molecular flexibility index (Phi) is 8.29. The van der Waals surface area contributed by atoms with Crippen LogP contribution < -0.4 is 4.90 Å². The molecule has 0 radical (unpaired) electrons. The summed E-state index contributed by atoms with van der Waals surface area (Å²) >= 11 is 0. The zero-order valence-electron chi connectivity index (χ0n) is 19.0. The maximum atomic E-state index is 13.0. The summed E-state index contributed by atoms with van der Waals surface area (Å²) in [7, 11) is 0.